The Kier molecular flexibility index (Phi) is 4.93. The first kappa shape index (κ1) is 14.5. The molecule has 2 rings (SSSR count). The quantitative estimate of drug-likeness (QED) is 0.651. The summed E-state index contributed by atoms with van der Waals surface area (Å²) in [7, 11) is 0. The summed E-state index contributed by atoms with van der Waals surface area (Å²) in [5.74, 6) is 5.35. The Hall–Kier alpha value is -0.940. The highest BCUT2D eigenvalue weighted by Crippen LogP contribution is 2.27. The highest BCUT2D eigenvalue weighted by atomic mass is 79.9. The van der Waals surface area contributed by atoms with Gasteiger partial charge in [-0.15, -0.1) is 0 Å². The Labute approximate surface area is 124 Å². The van der Waals surface area contributed by atoms with Crippen LogP contribution in [-0.2, 0) is 6.42 Å². The monoisotopic (exact) mass is 342 g/mol. The number of nitrogens with two attached hydrogens (primary N) is 1. The average molecular weight is 344 g/mol. The molecule has 2 aromatic carbocycles. The zero-order valence-electron chi connectivity index (χ0n) is 10.0. The molecule has 1 atom stereocenters. The smallest absolute Gasteiger partial charge is 0.123 e. The third-order valence-corrected chi connectivity index (χ3v) is 4.13. The van der Waals surface area contributed by atoms with Crippen LogP contribution in [0.25, 0.3) is 0 Å². The number of nitrogens with one attached hydrogen (secondary N) is 1. The van der Waals surface area contributed by atoms with Gasteiger partial charge < -0.3 is 0 Å². The van der Waals surface area contributed by atoms with Crippen LogP contribution in [0, 0.1) is 5.82 Å². The van der Waals surface area contributed by atoms with Crippen LogP contribution >= 0.6 is 27.5 Å². The molecule has 0 amide bonds. The van der Waals surface area contributed by atoms with Gasteiger partial charge in [-0.25, -0.2) is 4.39 Å². The van der Waals surface area contributed by atoms with Crippen molar-refractivity contribution in [2.45, 2.75) is 12.5 Å². The summed E-state index contributed by atoms with van der Waals surface area (Å²) < 4.78 is 13.7. The SMILES string of the molecule is NNC(Cc1ccc(F)cc1)c1ccc(Br)c(Cl)c1. The van der Waals surface area contributed by atoms with Crippen LogP contribution in [0.3, 0.4) is 0 Å². The summed E-state index contributed by atoms with van der Waals surface area (Å²) in [5, 5.41) is 0.636. The molecule has 0 aliphatic carbocycles. The molecule has 0 saturated carbocycles. The van der Waals surface area contributed by atoms with Gasteiger partial charge in [0.2, 0.25) is 0 Å². The van der Waals surface area contributed by atoms with Crippen molar-refractivity contribution < 1.29 is 4.39 Å². The molecular formula is C14H13BrClFN2. The van der Waals surface area contributed by atoms with E-state index in [0.717, 1.165) is 15.6 Å². The summed E-state index contributed by atoms with van der Waals surface area (Å²) in [4.78, 5) is 0. The number of benzene rings is 2. The predicted molar refractivity (Wildman–Crippen MR) is 79.3 cm³/mol. The van der Waals surface area contributed by atoms with Gasteiger partial charge in [0, 0.05) is 4.47 Å². The summed E-state index contributed by atoms with van der Waals surface area (Å²) in [6.07, 6.45) is 0.661. The van der Waals surface area contributed by atoms with Crippen molar-refractivity contribution in [1.29, 1.82) is 0 Å². The highest BCUT2D eigenvalue weighted by molar-refractivity contribution is 9.10. The van der Waals surface area contributed by atoms with Gasteiger partial charge in [0.05, 0.1) is 11.1 Å². The summed E-state index contributed by atoms with van der Waals surface area (Å²) in [6, 6.07) is 12.0. The Morgan fingerprint density at radius 2 is 1.89 bits per heavy atom. The zero-order chi connectivity index (χ0) is 13.8. The normalized spacial score (nSPS) is 12.4. The Morgan fingerprint density at radius 1 is 1.21 bits per heavy atom. The van der Waals surface area contributed by atoms with Crippen LogP contribution in [0.2, 0.25) is 5.02 Å². The maximum absolute atomic E-state index is 12.9. The molecule has 0 aromatic heterocycles. The molecule has 19 heavy (non-hydrogen) atoms. The first-order valence-corrected chi connectivity index (χ1v) is 6.93. The van der Waals surface area contributed by atoms with Crippen molar-refractivity contribution in [2.24, 2.45) is 5.84 Å². The van der Waals surface area contributed by atoms with Gasteiger partial charge in [-0.05, 0) is 57.7 Å². The third-order valence-electron chi connectivity index (χ3n) is 2.90. The molecule has 100 valence electrons. The van der Waals surface area contributed by atoms with Crippen LogP contribution < -0.4 is 11.3 Å². The van der Waals surface area contributed by atoms with Gasteiger partial charge in [-0.1, -0.05) is 29.8 Å². The van der Waals surface area contributed by atoms with Crippen molar-refractivity contribution in [1.82, 2.24) is 5.43 Å². The number of halogens is 3. The van der Waals surface area contributed by atoms with Gasteiger partial charge in [0.25, 0.3) is 0 Å². The van der Waals surface area contributed by atoms with E-state index in [9.17, 15) is 4.39 Å². The average Bonchev–Trinajstić information content (AvgIpc) is 2.41. The summed E-state index contributed by atoms with van der Waals surface area (Å²) >= 11 is 9.42. The highest BCUT2D eigenvalue weighted by Gasteiger charge is 2.12. The third kappa shape index (κ3) is 3.76. The van der Waals surface area contributed by atoms with E-state index in [1.54, 1.807) is 12.1 Å². The number of hydrogen-bond donors (Lipinski definition) is 2. The maximum Gasteiger partial charge on any atom is 0.123 e. The molecule has 0 fully saturated rings. The molecule has 0 bridgehead atoms. The molecule has 0 heterocycles. The molecule has 0 spiro atoms. The van der Waals surface area contributed by atoms with Gasteiger partial charge in [-0.3, -0.25) is 11.3 Å². The van der Waals surface area contributed by atoms with Gasteiger partial charge in [0.15, 0.2) is 0 Å². The molecule has 3 N–H and O–H groups in total. The molecule has 2 aromatic rings. The molecule has 0 saturated heterocycles. The van der Waals surface area contributed by atoms with Crippen molar-refractivity contribution in [2.75, 3.05) is 0 Å². The lowest BCUT2D eigenvalue weighted by Crippen LogP contribution is -2.29. The van der Waals surface area contributed by atoms with Crippen molar-refractivity contribution in [3.05, 3.63) is 68.9 Å². The second-order valence-corrected chi connectivity index (χ2v) is 5.48. The van der Waals surface area contributed by atoms with Crippen LogP contribution in [0.15, 0.2) is 46.9 Å². The molecule has 1 unspecified atom stereocenters. The fourth-order valence-corrected chi connectivity index (χ4v) is 2.29. The standard InChI is InChI=1S/C14H13BrClFN2/c15-12-6-3-10(8-13(12)16)14(19-18)7-9-1-4-11(17)5-2-9/h1-6,8,14,19H,7,18H2. The van der Waals surface area contributed by atoms with Crippen molar-refractivity contribution >= 4 is 27.5 Å². The lowest BCUT2D eigenvalue weighted by atomic mass is 9.99. The number of hydrogen-bond acceptors (Lipinski definition) is 2. The van der Waals surface area contributed by atoms with Gasteiger partial charge in [0.1, 0.15) is 5.82 Å². The van der Waals surface area contributed by atoms with Crippen LogP contribution in [0.1, 0.15) is 17.2 Å². The van der Waals surface area contributed by atoms with Crippen molar-refractivity contribution in [3.8, 4) is 0 Å². The van der Waals surface area contributed by atoms with E-state index in [0.29, 0.717) is 11.4 Å². The minimum atomic E-state index is -0.243. The van der Waals surface area contributed by atoms with E-state index in [4.69, 9.17) is 17.4 Å². The van der Waals surface area contributed by atoms with Gasteiger partial charge >= 0.3 is 0 Å². The Balaban J connectivity index is 2.19. The van der Waals surface area contributed by atoms with Crippen LogP contribution in [0.4, 0.5) is 4.39 Å². The first-order chi connectivity index (χ1) is 9.10. The first-order valence-electron chi connectivity index (χ1n) is 5.75. The molecular weight excluding hydrogens is 331 g/mol. The van der Waals surface area contributed by atoms with E-state index >= 15 is 0 Å². The van der Waals surface area contributed by atoms with Crippen LogP contribution in [-0.4, -0.2) is 0 Å². The summed E-state index contributed by atoms with van der Waals surface area (Å²) in [6.45, 7) is 0. The van der Waals surface area contributed by atoms with E-state index in [1.165, 1.54) is 12.1 Å². The molecule has 0 aliphatic heterocycles. The lowest BCUT2D eigenvalue weighted by molar-refractivity contribution is 0.551. The fourth-order valence-electron chi connectivity index (χ4n) is 1.86. The minimum Gasteiger partial charge on any atom is -0.271 e. The second kappa shape index (κ2) is 6.48. The topological polar surface area (TPSA) is 38.0 Å². The van der Waals surface area contributed by atoms with Crippen molar-refractivity contribution in [3.63, 3.8) is 0 Å². The van der Waals surface area contributed by atoms with E-state index in [2.05, 4.69) is 21.4 Å². The zero-order valence-corrected chi connectivity index (χ0v) is 12.4. The number of rotatable bonds is 4. The Morgan fingerprint density at radius 3 is 2.47 bits per heavy atom. The Bertz CT molecular complexity index is 560. The maximum atomic E-state index is 12.9. The largest absolute Gasteiger partial charge is 0.271 e. The molecule has 0 aliphatic rings. The second-order valence-electron chi connectivity index (χ2n) is 4.22. The van der Waals surface area contributed by atoms with E-state index < -0.39 is 0 Å². The lowest BCUT2D eigenvalue weighted by Gasteiger charge is -2.17. The predicted octanol–water partition coefficient (Wildman–Crippen LogP) is 3.99. The molecule has 5 heteroatoms. The minimum absolute atomic E-state index is 0.0731. The van der Waals surface area contributed by atoms with Gasteiger partial charge in [-0.2, -0.15) is 0 Å². The molecule has 0 radical (unpaired) electrons. The van der Waals surface area contributed by atoms with E-state index in [1.807, 2.05) is 18.2 Å². The van der Waals surface area contributed by atoms with E-state index in [-0.39, 0.29) is 11.9 Å². The van der Waals surface area contributed by atoms with Crippen LogP contribution in [0.5, 0.6) is 0 Å². The number of hydrazine groups is 1. The summed E-state index contributed by atoms with van der Waals surface area (Å²) in [5.41, 5.74) is 4.75. The fraction of sp³-hybridized carbons (Fsp3) is 0.143. The molecule has 2 nitrogen and oxygen atoms in total.